The monoisotopic (exact) mass is 281 g/mol. The van der Waals surface area contributed by atoms with Crippen molar-refractivity contribution < 1.29 is 9.53 Å². The number of ether oxygens (including phenoxy) is 1. The highest BCUT2D eigenvalue weighted by Crippen LogP contribution is 2.11. The van der Waals surface area contributed by atoms with Gasteiger partial charge in [0.1, 0.15) is 5.56 Å². The Labute approximate surface area is 121 Å². The van der Waals surface area contributed by atoms with Crippen LogP contribution in [0.3, 0.4) is 0 Å². The molecule has 0 saturated heterocycles. The first-order chi connectivity index (χ1) is 9.45. The smallest absolute Gasteiger partial charge is 0.341 e. The minimum Gasteiger partial charge on any atom is -0.462 e. The zero-order valence-corrected chi connectivity index (χ0v) is 13.3. The third-order valence-corrected chi connectivity index (χ3v) is 3.35. The molecule has 0 aliphatic carbocycles. The van der Waals surface area contributed by atoms with Gasteiger partial charge in [0.15, 0.2) is 0 Å². The highest BCUT2D eigenvalue weighted by atomic mass is 16.5. The van der Waals surface area contributed by atoms with E-state index in [-0.39, 0.29) is 5.97 Å². The molecule has 0 saturated carbocycles. The Hall–Kier alpha value is -1.36. The molecule has 1 unspecified atom stereocenters. The molecule has 114 valence electrons. The summed E-state index contributed by atoms with van der Waals surface area (Å²) in [5.41, 5.74) is 1.43. The molecule has 0 amide bonds. The highest BCUT2D eigenvalue weighted by molar-refractivity contribution is 5.90. The molecule has 0 radical (unpaired) electrons. The summed E-state index contributed by atoms with van der Waals surface area (Å²) < 4.78 is 6.78. The second-order valence-corrected chi connectivity index (χ2v) is 5.60. The van der Waals surface area contributed by atoms with Crippen LogP contribution in [0.15, 0.2) is 6.20 Å². The van der Waals surface area contributed by atoms with Crippen LogP contribution in [0.4, 0.5) is 0 Å². The quantitative estimate of drug-likeness (QED) is 0.744. The van der Waals surface area contributed by atoms with E-state index in [2.05, 4.69) is 31.2 Å². The van der Waals surface area contributed by atoms with Crippen LogP contribution in [0.2, 0.25) is 0 Å². The van der Waals surface area contributed by atoms with Crippen molar-refractivity contribution in [3.8, 4) is 0 Å². The molecule has 0 aliphatic rings. The number of rotatable bonds is 8. The topological polar surface area (TPSA) is 56.1 Å². The van der Waals surface area contributed by atoms with Gasteiger partial charge in [-0.25, -0.2) is 4.79 Å². The molecule has 0 aliphatic heterocycles. The fourth-order valence-electron chi connectivity index (χ4n) is 2.01. The summed E-state index contributed by atoms with van der Waals surface area (Å²) in [5.74, 6) is 0.415. The number of nitrogens with one attached hydrogen (secondary N) is 1. The first kappa shape index (κ1) is 16.7. The van der Waals surface area contributed by atoms with Crippen LogP contribution in [0.5, 0.6) is 0 Å². The molecule has 1 aromatic heterocycles. The molecule has 5 nitrogen and oxygen atoms in total. The summed E-state index contributed by atoms with van der Waals surface area (Å²) in [7, 11) is 1.85. The molecule has 5 heteroatoms. The summed E-state index contributed by atoms with van der Waals surface area (Å²) in [5, 5.41) is 7.60. The van der Waals surface area contributed by atoms with Gasteiger partial charge < -0.3 is 10.1 Å². The van der Waals surface area contributed by atoms with E-state index in [1.807, 2.05) is 7.05 Å². The zero-order chi connectivity index (χ0) is 15.1. The Morgan fingerprint density at radius 2 is 2.10 bits per heavy atom. The van der Waals surface area contributed by atoms with Crippen LogP contribution >= 0.6 is 0 Å². The lowest BCUT2D eigenvalue weighted by molar-refractivity contribution is 0.0524. The number of aryl methyl sites for hydroxylation is 1. The van der Waals surface area contributed by atoms with E-state index in [0.717, 1.165) is 12.1 Å². The molecule has 0 fully saturated rings. The van der Waals surface area contributed by atoms with Crippen molar-refractivity contribution in [1.29, 1.82) is 0 Å². The summed E-state index contributed by atoms with van der Waals surface area (Å²) in [6, 6.07) is 0.419. The average molecular weight is 281 g/mol. The minimum absolute atomic E-state index is 0.299. The zero-order valence-electron chi connectivity index (χ0n) is 13.3. The van der Waals surface area contributed by atoms with Crippen molar-refractivity contribution in [2.24, 2.45) is 13.0 Å². The standard InChI is InChI=1S/C15H27N3O2/c1-6-20-15(19)13-9-17-18(5)14(13)10-16-12(4)8-7-11(2)3/h9,11-12,16H,6-8,10H2,1-5H3. The molecule has 0 spiro atoms. The number of nitrogens with zero attached hydrogens (tertiary/aromatic N) is 2. The molecule has 1 aromatic rings. The summed E-state index contributed by atoms with van der Waals surface area (Å²) in [4.78, 5) is 11.8. The Morgan fingerprint density at radius 3 is 2.70 bits per heavy atom. The Bertz CT molecular complexity index is 427. The maximum atomic E-state index is 11.8. The fraction of sp³-hybridized carbons (Fsp3) is 0.733. The first-order valence-corrected chi connectivity index (χ1v) is 7.37. The van der Waals surface area contributed by atoms with Gasteiger partial charge >= 0.3 is 5.97 Å². The lowest BCUT2D eigenvalue weighted by Gasteiger charge is -2.15. The van der Waals surface area contributed by atoms with Gasteiger partial charge in [0.05, 0.1) is 18.5 Å². The fourth-order valence-corrected chi connectivity index (χ4v) is 2.01. The normalized spacial score (nSPS) is 12.7. The number of hydrogen-bond acceptors (Lipinski definition) is 4. The largest absolute Gasteiger partial charge is 0.462 e. The van der Waals surface area contributed by atoms with Crippen molar-refractivity contribution in [3.63, 3.8) is 0 Å². The van der Waals surface area contributed by atoms with E-state index in [0.29, 0.717) is 30.7 Å². The second kappa shape index (κ2) is 8.04. The van der Waals surface area contributed by atoms with Gasteiger partial charge in [0.2, 0.25) is 0 Å². The molecule has 1 rings (SSSR count). The second-order valence-electron chi connectivity index (χ2n) is 5.60. The molecule has 1 N–H and O–H groups in total. The Kier molecular flexibility index (Phi) is 6.71. The van der Waals surface area contributed by atoms with Crippen molar-refractivity contribution in [1.82, 2.24) is 15.1 Å². The van der Waals surface area contributed by atoms with Gasteiger partial charge in [0.25, 0.3) is 0 Å². The van der Waals surface area contributed by atoms with Crippen molar-refractivity contribution in [2.75, 3.05) is 6.61 Å². The van der Waals surface area contributed by atoms with Crippen molar-refractivity contribution >= 4 is 5.97 Å². The van der Waals surface area contributed by atoms with Crippen molar-refractivity contribution in [2.45, 2.75) is 53.1 Å². The predicted molar refractivity (Wildman–Crippen MR) is 79.5 cm³/mol. The molecule has 0 bridgehead atoms. The van der Waals surface area contributed by atoms with Crippen LogP contribution in [0, 0.1) is 5.92 Å². The minimum atomic E-state index is -0.299. The summed E-state index contributed by atoms with van der Waals surface area (Å²) in [6.07, 6.45) is 3.91. The van der Waals surface area contributed by atoms with Crippen LogP contribution < -0.4 is 5.32 Å². The average Bonchev–Trinajstić information content (AvgIpc) is 2.75. The van der Waals surface area contributed by atoms with Gasteiger partial charge in [-0.05, 0) is 32.6 Å². The number of esters is 1. The molecular weight excluding hydrogens is 254 g/mol. The maximum absolute atomic E-state index is 11.8. The van der Waals surface area contributed by atoms with Gasteiger partial charge in [-0.3, -0.25) is 4.68 Å². The van der Waals surface area contributed by atoms with E-state index in [4.69, 9.17) is 4.74 Å². The first-order valence-electron chi connectivity index (χ1n) is 7.37. The number of carbonyl (C=O) groups excluding carboxylic acids is 1. The third-order valence-electron chi connectivity index (χ3n) is 3.35. The third kappa shape index (κ3) is 4.96. The molecule has 0 aromatic carbocycles. The van der Waals surface area contributed by atoms with E-state index in [9.17, 15) is 4.79 Å². The van der Waals surface area contributed by atoms with Crippen LogP contribution in [0.25, 0.3) is 0 Å². The van der Waals surface area contributed by atoms with Gasteiger partial charge in [-0.2, -0.15) is 5.10 Å². The van der Waals surface area contributed by atoms with Gasteiger partial charge in [0, 0.05) is 19.6 Å². The van der Waals surface area contributed by atoms with E-state index in [1.165, 1.54) is 6.42 Å². The van der Waals surface area contributed by atoms with Gasteiger partial charge in [-0.1, -0.05) is 13.8 Å². The molecular formula is C15H27N3O2. The summed E-state index contributed by atoms with van der Waals surface area (Å²) >= 11 is 0. The lowest BCUT2D eigenvalue weighted by Crippen LogP contribution is -2.27. The number of aromatic nitrogens is 2. The Morgan fingerprint density at radius 1 is 1.40 bits per heavy atom. The number of hydrogen-bond donors (Lipinski definition) is 1. The van der Waals surface area contributed by atoms with Gasteiger partial charge in [-0.15, -0.1) is 0 Å². The summed E-state index contributed by atoms with van der Waals surface area (Å²) in [6.45, 7) is 9.44. The SMILES string of the molecule is CCOC(=O)c1cnn(C)c1CNC(C)CCC(C)C. The van der Waals surface area contributed by atoms with Crippen LogP contribution in [0.1, 0.15) is 56.6 Å². The van der Waals surface area contributed by atoms with E-state index >= 15 is 0 Å². The van der Waals surface area contributed by atoms with Crippen LogP contribution in [-0.2, 0) is 18.3 Å². The van der Waals surface area contributed by atoms with E-state index in [1.54, 1.807) is 17.8 Å². The predicted octanol–water partition coefficient (Wildman–Crippen LogP) is 2.51. The molecule has 1 atom stereocenters. The molecule has 20 heavy (non-hydrogen) atoms. The Balaban J connectivity index is 2.59. The molecule has 1 heterocycles. The maximum Gasteiger partial charge on any atom is 0.341 e. The number of carbonyl (C=O) groups is 1. The highest BCUT2D eigenvalue weighted by Gasteiger charge is 2.17. The van der Waals surface area contributed by atoms with Crippen molar-refractivity contribution in [3.05, 3.63) is 17.5 Å². The van der Waals surface area contributed by atoms with E-state index < -0.39 is 0 Å². The van der Waals surface area contributed by atoms with Crippen LogP contribution in [-0.4, -0.2) is 28.4 Å². The lowest BCUT2D eigenvalue weighted by atomic mass is 10.0.